The van der Waals surface area contributed by atoms with E-state index in [9.17, 15) is 9.90 Å². The number of aliphatic hydroxyl groups is 2. The molecule has 3 heterocycles. The molecule has 2 fully saturated rings. The van der Waals surface area contributed by atoms with E-state index in [0.29, 0.717) is 19.0 Å². The average molecular weight is 392 g/mol. The summed E-state index contributed by atoms with van der Waals surface area (Å²) in [4.78, 5) is 22.4. The lowest BCUT2D eigenvalue weighted by atomic mass is 9.81. The molecular formula is C18H29BN4O5. The van der Waals surface area contributed by atoms with E-state index in [0.717, 1.165) is 18.3 Å². The summed E-state index contributed by atoms with van der Waals surface area (Å²) in [5, 5.41) is 21.7. The van der Waals surface area contributed by atoms with Crippen LogP contribution in [0.15, 0.2) is 12.4 Å². The molecule has 3 N–H and O–H groups in total. The second-order valence-corrected chi connectivity index (χ2v) is 8.34. The van der Waals surface area contributed by atoms with Gasteiger partial charge in [-0.1, -0.05) is 0 Å². The van der Waals surface area contributed by atoms with E-state index in [2.05, 4.69) is 15.3 Å². The van der Waals surface area contributed by atoms with E-state index < -0.39 is 36.9 Å². The molecule has 2 unspecified atom stereocenters. The third kappa shape index (κ3) is 4.14. The lowest BCUT2D eigenvalue weighted by Crippen LogP contribution is -2.46. The van der Waals surface area contributed by atoms with E-state index in [1.807, 2.05) is 27.7 Å². The van der Waals surface area contributed by atoms with Crippen LogP contribution in [0.2, 0.25) is 0 Å². The molecule has 2 saturated heterocycles. The Kier molecular flexibility index (Phi) is 5.95. The Morgan fingerprint density at radius 2 is 1.93 bits per heavy atom. The van der Waals surface area contributed by atoms with Crippen molar-refractivity contribution in [3.05, 3.63) is 12.4 Å². The van der Waals surface area contributed by atoms with Crippen LogP contribution in [0.4, 0.5) is 5.95 Å². The topological polar surface area (TPSA) is 117 Å². The van der Waals surface area contributed by atoms with Gasteiger partial charge in [0.1, 0.15) is 0 Å². The van der Waals surface area contributed by atoms with Gasteiger partial charge in [0.15, 0.2) is 6.10 Å². The summed E-state index contributed by atoms with van der Waals surface area (Å²) >= 11 is 0. The summed E-state index contributed by atoms with van der Waals surface area (Å²) in [6.45, 7) is 8.44. The maximum absolute atomic E-state index is 12.1. The smallest absolute Gasteiger partial charge is 0.399 e. The number of rotatable bonds is 6. The van der Waals surface area contributed by atoms with Crippen LogP contribution in [0.25, 0.3) is 0 Å². The van der Waals surface area contributed by atoms with Crippen LogP contribution < -0.4 is 10.8 Å². The molecule has 0 saturated carbocycles. The highest BCUT2D eigenvalue weighted by Gasteiger charge is 2.52. The zero-order chi connectivity index (χ0) is 20.5. The highest BCUT2D eigenvalue weighted by atomic mass is 16.7. The van der Waals surface area contributed by atoms with Crippen molar-refractivity contribution in [3.63, 3.8) is 0 Å². The summed E-state index contributed by atoms with van der Waals surface area (Å²) in [5.41, 5.74) is -0.105. The maximum Gasteiger partial charge on any atom is 0.498 e. The fourth-order valence-electron chi connectivity index (χ4n) is 3.35. The number of nitrogens with one attached hydrogen (secondary N) is 1. The van der Waals surface area contributed by atoms with Crippen LogP contribution in [-0.4, -0.2) is 81.2 Å². The molecule has 2 atom stereocenters. The van der Waals surface area contributed by atoms with E-state index in [1.165, 1.54) is 0 Å². The molecule has 0 bridgehead atoms. The quantitative estimate of drug-likeness (QED) is 0.557. The summed E-state index contributed by atoms with van der Waals surface area (Å²) < 4.78 is 12.0. The second kappa shape index (κ2) is 7.94. The number of carbonyl (C=O) groups is 1. The molecule has 0 spiro atoms. The highest BCUT2D eigenvalue weighted by molar-refractivity contribution is 6.61. The fraction of sp³-hybridized carbons (Fsp3) is 0.722. The Morgan fingerprint density at radius 3 is 2.50 bits per heavy atom. The molecule has 2 aliphatic heterocycles. The number of anilines is 1. The number of nitrogens with zero attached hydrogens (tertiary/aromatic N) is 3. The van der Waals surface area contributed by atoms with Crippen molar-refractivity contribution in [3.8, 4) is 0 Å². The Labute approximate surface area is 165 Å². The number of hydrogen-bond donors (Lipinski definition) is 3. The normalized spacial score (nSPS) is 24.4. The zero-order valence-electron chi connectivity index (χ0n) is 16.9. The molecule has 3 rings (SSSR count). The summed E-state index contributed by atoms with van der Waals surface area (Å²) in [6, 6.07) is -0.0694. The van der Waals surface area contributed by atoms with Crippen molar-refractivity contribution in [1.82, 2.24) is 14.9 Å². The number of amides is 1. The third-order valence-corrected chi connectivity index (χ3v) is 5.81. The molecule has 1 aromatic heterocycles. The second-order valence-electron chi connectivity index (χ2n) is 8.34. The van der Waals surface area contributed by atoms with E-state index >= 15 is 0 Å². The first-order valence-corrected chi connectivity index (χ1v) is 9.65. The Morgan fingerprint density at radius 1 is 1.32 bits per heavy atom. The van der Waals surface area contributed by atoms with E-state index in [-0.39, 0.29) is 6.04 Å². The van der Waals surface area contributed by atoms with Crippen molar-refractivity contribution in [2.75, 3.05) is 25.0 Å². The predicted molar refractivity (Wildman–Crippen MR) is 104 cm³/mol. The summed E-state index contributed by atoms with van der Waals surface area (Å²) in [6.07, 6.45) is 3.66. The molecule has 1 amide bonds. The molecule has 0 aromatic carbocycles. The van der Waals surface area contributed by atoms with Gasteiger partial charge < -0.3 is 29.7 Å². The zero-order valence-corrected chi connectivity index (χ0v) is 16.9. The van der Waals surface area contributed by atoms with Crippen LogP contribution >= 0.6 is 0 Å². The summed E-state index contributed by atoms with van der Waals surface area (Å²) in [5.74, 6) is 0.00565. The third-order valence-electron chi connectivity index (χ3n) is 5.81. The lowest BCUT2D eigenvalue weighted by Gasteiger charge is -2.32. The molecule has 9 nitrogen and oxygen atoms in total. The first kappa shape index (κ1) is 21.0. The van der Waals surface area contributed by atoms with Gasteiger partial charge in [0.2, 0.25) is 5.95 Å². The van der Waals surface area contributed by atoms with Crippen LogP contribution in [0.5, 0.6) is 0 Å². The average Bonchev–Trinajstić information content (AvgIpc) is 3.20. The number of hydrogen-bond acceptors (Lipinski definition) is 8. The molecule has 1 aromatic rings. The van der Waals surface area contributed by atoms with Crippen molar-refractivity contribution in [2.45, 2.75) is 63.9 Å². The minimum Gasteiger partial charge on any atom is -0.399 e. The van der Waals surface area contributed by atoms with Crippen molar-refractivity contribution in [1.29, 1.82) is 0 Å². The van der Waals surface area contributed by atoms with Crippen LogP contribution in [0.1, 0.15) is 40.5 Å². The SMILES string of the molecule is CC1(C)OB(c2cnc(NCC3CCCN3C(=O)C(O)CO)nc2)OC1(C)C. The van der Waals surface area contributed by atoms with Crippen molar-refractivity contribution in [2.24, 2.45) is 0 Å². The lowest BCUT2D eigenvalue weighted by molar-refractivity contribution is -0.142. The van der Waals surface area contributed by atoms with Gasteiger partial charge in [-0.2, -0.15) is 0 Å². The minimum absolute atomic E-state index is 0.0694. The molecule has 28 heavy (non-hydrogen) atoms. The number of carbonyl (C=O) groups excluding carboxylic acids is 1. The number of likely N-dealkylation sites (tertiary alicyclic amines) is 1. The fourth-order valence-corrected chi connectivity index (χ4v) is 3.35. The van der Waals surface area contributed by atoms with E-state index in [1.54, 1.807) is 17.3 Å². The van der Waals surface area contributed by atoms with Crippen molar-refractivity contribution < 1.29 is 24.3 Å². The van der Waals surface area contributed by atoms with Crippen LogP contribution in [0, 0.1) is 0 Å². The van der Waals surface area contributed by atoms with Gasteiger partial charge in [0.25, 0.3) is 5.91 Å². The monoisotopic (exact) mass is 392 g/mol. The molecule has 10 heteroatoms. The predicted octanol–water partition coefficient (Wildman–Crippen LogP) is -0.468. The Hall–Kier alpha value is -1.75. The van der Waals surface area contributed by atoms with Crippen molar-refractivity contribution >= 4 is 24.4 Å². The molecular weight excluding hydrogens is 363 g/mol. The molecule has 2 aliphatic rings. The molecule has 0 aliphatic carbocycles. The number of aliphatic hydroxyl groups excluding tert-OH is 2. The Balaban J connectivity index is 1.57. The first-order valence-electron chi connectivity index (χ1n) is 9.65. The number of aromatic nitrogens is 2. The largest absolute Gasteiger partial charge is 0.498 e. The highest BCUT2D eigenvalue weighted by Crippen LogP contribution is 2.36. The van der Waals surface area contributed by atoms with Crippen LogP contribution in [-0.2, 0) is 14.1 Å². The maximum atomic E-state index is 12.1. The first-order chi connectivity index (χ1) is 13.1. The van der Waals surface area contributed by atoms with Gasteiger partial charge >= 0.3 is 7.12 Å². The van der Waals surface area contributed by atoms with Gasteiger partial charge in [-0.05, 0) is 40.5 Å². The van der Waals surface area contributed by atoms with Gasteiger partial charge in [0, 0.05) is 37.0 Å². The molecule has 154 valence electrons. The van der Waals surface area contributed by atoms with Crippen LogP contribution in [0.3, 0.4) is 0 Å². The summed E-state index contributed by atoms with van der Waals surface area (Å²) in [7, 11) is -0.512. The van der Waals surface area contributed by atoms with Gasteiger partial charge in [-0.3, -0.25) is 4.79 Å². The van der Waals surface area contributed by atoms with Gasteiger partial charge in [-0.15, -0.1) is 0 Å². The minimum atomic E-state index is -1.36. The van der Waals surface area contributed by atoms with E-state index in [4.69, 9.17) is 14.4 Å². The van der Waals surface area contributed by atoms with Gasteiger partial charge in [-0.25, -0.2) is 9.97 Å². The standard InChI is InChI=1S/C18H29BN4O5/c1-17(2)18(3,4)28-19(27-17)12-8-20-16(21-9-12)22-10-13-6-5-7-23(13)15(26)14(25)11-24/h8-9,13-14,24-25H,5-7,10-11H2,1-4H3,(H,20,21,22). The van der Waals surface area contributed by atoms with Gasteiger partial charge in [0.05, 0.1) is 17.8 Å². The molecule has 0 radical (unpaired) electrons. The Bertz CT molecular complexity index is 684.